The number of rotatable bonds is 7. The van der Waals surface area contributed by atoms with Gasteiger partial charge in [-0.2, -0.15) is 18.3 Å². The lowest BCUT2D eigenvalue weighted by Crippen LogP contribution is -2.44. The van der Waals surface area contributed by atoms with Crippen molar-refractivity contribution in [1.29, 1.82) is 0 Å². The summed E-state index contributed by atoms with van der Waals surface area (Å²) in [5.74, 6) is 0.399. The van der Waals surface area contributed by atoms with Gasteiger partial charge in [-0.1, -0.05) is 0 Å². The van der Waals surface area contributed by atoms with E-state index in [4.69, 9.17) is 0 Å². The molecule has 0 amide bonds. The second kappa shape index (κ2) is 11.4. The van der Waals surface area contributed by atoms with Crippen molar-refractivity contribution in [2.24, 2.45) is 12.0 Å². The van der Waals surface area contributed by atoms with Crippen LogP contribution in [-0.4, -0.2) is 46.9 Å². The minimum absolute atomic E-state index is 0. The van der Waals surface area contributed by atoms with Gasteiger partial charge in [-0.3, -0.25) is 9.67 Å². The van der Waals surface area contributed by atoms with Crippen LogP contribution in [0.25, 0.3) is 0 Å². The van der Waals surface area contributed by atoms with Gasteiger partial charge in [0.05, 0.1) is 11.3 Å². The van der Waals surface area contributed by atoms with E-state index in [9.17, 15) is 13.2 Å². The monoisotopic (exact) mass is 539 g/mol. The second-order valence-electron chi connectivity index (χ2n) is 6.85. The van der Waals surface area contributed by atoms with Crippen LogP contribution in [0.1, 0.15) is 29.4 Å². The first kappa shape index (κ1) is 26.0. The van der Waals surface area contributed by atoms with E-state index in [1.54, 1.807) is 7.05 Å². The van der Waals surface area contributed by atoms with Crippen molar-refractivity contribution in [3.8, 4) is 0 Å². The number of anilines is 1. The molecule has 0 saturated heterocycles. The summed E-state index contributed by atoms with van der Waals surface area (Å²) < 4.78 is 40.8. The van der Waals surface area contributed by atoms with Gasteiger partial charge in [0.25, 0.3) is 0 Å². The summed E-state index contributed by atoms with van der Waals surface area (Å²) in [4.78, 5) is 7.95. The summed E-state index contributed by atoms with van der Waals surface area (Å²) in [6.07, 6.45) is -2.33. The zero-order valence-electron chi connectivity index (χ0n) is 17.8. The molecular formula is C19H29F3IN7. The van der Waals surface area contributed by atoms with Crippen molar-refractivity contribution in [1.82, 2.24) is 25.4 Å². The average molecular weight is 539 g/mol. The molecule has 3 N–H and O–H groups in total. The van der Waals surface area contributed by atoms with Gasteiger partial charge in [-0.05, 0) is 44.9 Å². The predicted octanol–water partition coefficient (Wildman–Crippen LogP) is 3.28. The van der Waals surface area contributed by atoms with Crippen molar-refractivity contribution in [2.75, 3.05) is 25.5 Å². The van der Waals surface area contributed by atoms with E-state index in [0.29, 0.717) is 12.5 Å². The lowest BCUT2D eigenvalue weighted by molar-refractivity contribution is -0.137. The first-order chi connectivity index (χ1) is 13.6. The number of pyridine rings is 1. The van der Waals surface area contributed by atoms with Crippen molar-refractivity contribution in [3.63, 3.8) is 0 Å². The molecular weight excluding hydrogens is 510 g/mol. The van der Waals surface area contributed by atoms with Crippen LogP contribution in [-0.2, 0) is 19.6 Å². The minimum atomic E-state index is -4.44. The van der Waals surface area contributed by atoms with Gasteiger partial charge >= 0.3 is 6.18 Å². The molecule has 0 radical (unpaired) electrons. The zero-order chi connectivity index (χ0) is 21.6. The summed E-state index contributed by atoms with van der Waals surface area (Å²) in [5.41, 5.74) is 2.54. The fourth-order valence-corrected chi connectivity index (χ4v) is 3.03. The number of aryl methyl sites for hydroxylation is 2. The number of nitrogens with zero attached hydrogens (tertiary/aromatic N) is 4. The van der Waals surface area contributed by atoms with Crippen molar-refractivity contribution in [3.05, 3.63) is 40.8 Å². The molecule has 0 spiro atoms. The van der Waals surface area contributed by atoms with Crippen LogP contribution in [0, 0.1) is 13.8 Å². The molecule has 7 nitrogen and oxygen atoms in total. The Morgan fingerprint density at radius 2 is 1.97 bits per heavy atom. The first-order valence-electron chi connectivity index (χ1n) is 9.35. The van der Waals surface area contributed by atoms with Gasteiger partial charge in [0, 0.05) is 45.1 Å². The molecule has 2 rings (SSSR count). The third-order valence-corrected chi connectivity index (χ3v) is 4.60. The Labute approximate surface area is 192 Å². The maximum absolute atomic E-state index is 13.0. The smallest absolute Gasteiger partial charge is 0.368 e. The Balaban J connectivity index is 0.00000450. The van der Waals surface area contributed by atoms with Crippen LogP contribution in [0.15, 0.2) is 23.3 Å². The number of hydrogen-bond acceptors (Lipinski definition) is 4. The largest absolute Gasteiger partial charge is 0.419 e. The summed E-state index contributed by atoms with van der Waals surface area (Å²) >= 11 is 0. The summed E-state index contributed by atoms with van der Waals surface area (Å²) in [6.45, 7) is 6.70. The highest BCUT2D eigenvalue weighted by Crippen LogP contribution is 2.33. The third-order valence-electron chi connectivity index (χ3n) is 4.60. The number of alkyl halides is 3. The highest BCUT2D eigenvalue weighted by Gasteiger charge is 2.33. The molecule has 0 bridgehead atoms. The first-order valence-corrected chi connectivity index (χ1v) is 9.35. The molecule has 1 atom stereocenters. The number of nitrogens with one attached hydrogen (secondary N) is 3. The van der Waals surface area contributed by atoms with Crippen LogP contribution in [0.2, 0.25) is 0 Å². The Hall–Kier alpha value is -2.05. The highest BCUT2D eigenvalue weighted by molar-refractivity contribution is 14.0. The number of hydrogen-bond donors (Lipinski definition) is 3. The number of aromatic nitrogens is 3. The van der Waals surface area contributed by atoms with Crippen LogP contribution in [0.4, 0.5) is 19.0 Å². The zero-order valence-corrected chi connectivity index (χ0v) is 20.1. The van der Waals surface area contributed by atoms with E-state index in [1.165, 1.54) is 17.8 Å². The maximum atomic E-state index is 13.0. The van der Waals surface area contributed by atoms with Gasteiger partial charge in [0.1, 0.15) is 5.82 Å². The van der Waals surface area contributed by atoms with E-state index < -0.39 is 11.7 Å². The Bertz CT molecular complexity index is 849. The van der Waals surface area contributed by atoms with Crippen molar-refractivity contribution >= 4 is 35.8 Å². The molecule has 0 saturated carbocycles. The summed E-state index contributed by atoms with van der Waals surface area (Å²) in [7, 11) is 3.57. The van der Waals surface area contributed by atoms with Gasteiger partial charge in [0.15, 0.2) is 5.96 Å². The Morgan fingerprint density at radius 1 is 1.27 bits per heavy atom. The lowest BCUT2D eigenvalue weighted by atomic mass is 10.1. The topological polar surface area (TPSA) is 79.2 Å². The molecule has 0 fully saturated rings. The molecule has 0 aliphatic heterocycles. The number of halogens is 4. The van der Waals surface area contributed by atoms with Crippen LogP contribution in [0.5, 0.6) is 0 Å². The van der Waals surface area contributed by atoms with Crippen molar-refractivity contribution in [2.45, 2.75) is 39.4 Å². The van der Waals surface area contributed by atoms with Crippen molar-refractivity contribution < 1.29 is 13.2 Å². The lowest BCUT2D eigenvalue weighted by Gasteiger charge is -2.19. The van der Waals surface area contributed by atoms with Gasteiger partial charge < -0.3 is 16.0 Å². The van der Waals surface area contributed by atoms with E-state index in [0.717, 1.165) is 23.9 Å². The molecule has 0 aliphatic rings. The SMILES string of the molecule is CN=C(NCCNc1ncccc1C(F)(F)F)NC(C)Cc1c(C)nn(C)c1C.I. The quantitative estimate of drug-likeness (QED) is 0.218. The van der Waals surface area contributed by atoms with E-state index >= 15 is 0 Å². The molecule has 2 aromatic heterocycles. The normalized spacial score (nSPS) is 12.9. The molecule has 168 valence electrons. The fourth-order valence-electron chi connectivity index (χ4n) is 3.03. The van der Waals surface area contributed by atoms with Crippen LogP contribution in [0.3, 0.4) is 0 Å². The van der Waals surface area contributed by atoms with E-state index in [2.05, 4.69) is 31.0 Å². The third kappa shape index (κ3) is 7.03. The average Bonchev–Trinajstić information content (AvgIpc) is 2.89. The minimum Gasteiger partial charge on any atom is -0.368 e. The molecule has 30 heavy (non-hydrogen) atoms. The molecule has 11 heteroatoms. The second-order valence-corrected chi connectivity index (χ2v) is 6.85. The predicted molar refractivity (Wildman–Crippen MR) is 123 cm³/mol. The Morgan fingerprint density at radius 3 is 2.53 bits per heavy atom. The molecule has 0 aliphatic carbocycles. The van der Waals surface area contributed by atoms with Crippen LogP contribution >= 0.6 is 24.0 Å². The molecule has 2 heterocycles. The van der Waals surface area contributed by atoms with E-state index in [1.807, 2.05) is 32.5 Å². The standard InChI is InChI=1S/C19H28F3N7.HI/c1-12(11-15-13(2)28-29(5)14(15)3)27-18(23-4)26-10-9-25-17-16(19(20,21)22)7-6-8-24-17;/h6-8,12H,9-11H2,1-5H3,(H,24,25)(H2,23,26,27);1H. The van der Waals surface area contributed by atoms with Crippen LogP contribution < -0.4 is 16.0 Å². The highest BCUT2D eigenvalue weighted by atomic mass is 127. The summed E-state index contributed by atoms with van der Waals surface area (Å²) in [5, 5.41) is 13.5. The summed E-state index contributed by atoms with van der Waals surface area (Å²) in [6, 6.07) is 2.38. The van der Waals surface area contributed by atoms with Gasteiger partial charge in [-0.25, -0.2) is 4.98 Å². The maximum Gasteiger partial charge on any atom is 0.419 e. The van der Waals surface area contributed by atoms with Gasteiger partial charge in [-0.15, -0.1) is 24.0 Å². The van der Waals surface area contributed by atoms with E-state index in [-0.39, 0.29) is 42.4 Å². The molecule has 1 unspecified atom stereocenters. The molecule has 2 aromatic rings. The fraction of sp³-hybridized carbons (Fsp3) is 0.526. The molecule has 0 aromatic carbocycles. The Kier molecular flexibility index (Phi) is 9.85. The number of guanidine groups is 1. The number of aliphatic imine (C=N–C) groups is 1. The van der Waals surface area contributed by atoms with Gasteiger partial charge in [0.2, 0.25) is 0 Å².